The highest BCUT2D eigenvalue weighted by molar-refractivity contribution is 14.1. The number of halogens is 1. The van der Waals surface area contributed by atoms with E-state index in [1.165, 1.54) is 0 Å². The van der Waals surface area contributed by atoms with Crippen molar-refractivity contribution in [2.45, 2.75) is 19.8 Å². The Labute approximate surface area is 82.5 Å². The van der Waals surface area contributed by atoms with Crippen LogP contribution < -0.4 is 0 Å². The van der Waals surface area contributed by atoms with Crippen LogP contribution in [0.5, 0.6) is 0 Å². The Bertz CT molecular complexity index is 126. The van der Waals surface area contributed by atoms with Crippen LogP contribution in [-0.4, -0.2) is 31.3 Å². The third-order valence-corrected chi connectivity index (χ3v) is 1.62. The van der Waals surface area contributed by atoms with Crippen molar-refractivity contribution in [2.24, 2.45) is 5.16 Å². The van der Waals surface area contributed by atoms with Crippen molar-refractivity contribution < 1.29 is 3.17 Å². The lowest BCUT2D eigenvalue weighted by Crippen LogP contribution is -2.16. The molecule has 0 rings (SSSR count). The van der Waals surface area contributed by atoms with Gasteiger partial charge < -0.3 is 8.07 Å². The summed E-state index contributed by atoms with van der Waals surface area (Å²) in [6.45, 7) is 3.12. The van der Waals surface area contributed by atoms with Crippen LogP contribution in [0.15, 0.2) is 5.16 Å². The summed E-state index contributed by atoms with van der Waals surface area (Å²) in [5.41, 5.74) is 1.12. The molecule has 0 aliphatic heterocycles. The Morgan fingerprint density at radius 2 is 2.18 bits per heavy atom. The molecule has 66 valence electrons. The number of hydrogen-bond acceptors (Lipinski definition) is 3. The normalized spacial score (nSPS) is 12.3. The van der Waals surface area contributed by atoms with Crippen molar-refractivity contribution in [3.05, 3.63) is 0 Å². The Balaban J connectivity index is 3.61. The maximum Gasteiger partial charge on any atom is 0.230 e. The van der Waals surface area contributed by atoms with Gasteiger partial charge in [-0.3, -0.25) is 0 Å². The highest BCUT2D eigenvalue weighted by Crippen LogP contribution is 1.97. The predicted molar refractivity (Wildman–Crippen MR) is 56.0 cm³/mol. The minimum absolute atomic E-state index is 0.969. The minimum Gasteiger partial charge on any atom is -0.327 e. The van der Waals surface area contributed by atoms with Crippen molar-refractivity contribution in [3.8, 4) is 0 Å². The van der Waals surface area contributed by atoms with Gasteiger partial charge in [0.25, 0.3) is 0 Å². The van der Waals surface area contributed by atoms with E-state index < -0.39 is 0 Å². The van der Waals surface area contributed by atoms with E-state index in [1.54, 1.807) is 23.0 Å². The molecule has 0 heterocycles. The van der Waals surface area contributed by atoms with Crippen LogP contribution >= 0.6 is 23.0 Å². The van der Waals surface area contributed by atoms with Crippen molar-refractivity contribution >= 4 is 28.7 Å². The molecule has 0 atom stereocenters. The monoisotopic (exact) mass is 270 g/mol. The van der Waals surface area contributed by atoms with Gasteiger partial charge >= 0.3 is 0 Å². The molecule has 0 amide bonds. The molecular weight excluding hydrogens is 255 g/mol. The van der Waals surface area contributed by atoms with Gasteiger partial charge in [-0.25, -0.2) is 0 Å². The predicted octanol–water partition coefficient (Wildman–Crippen LogP) is 2.07. The second-order valence-corrected chi connectivity index (χ2v) is 3.03. The summed E-state index contributed by atoms with van der Waals surface area (Å²) in [6.07, 6.45) is 1.96. The molecule has 0 bridgehead atoms. The molecule has 0 saturated carbocycles. The summed E-state index contributed by atoms with van der Waals surface area (Å²) in [4.78, 5) is 2.14. The summed E-state index contributed by atoms with van der Waals surface area (Å²) < 4.78 is 4.67. The summed E-state index contributed by atoms with van der Waals surface area (Å²) in [5, 5.41) is 3.89. The van der Waals surface area contributed by atoms with Crippen LogP contribution in [0.1, 0.15) is 19.8 Å². The molecule has 0 spiro atoms. The van der Waals surface area contributed by atoms with E-state index in [4.69, 9.17) is 0 Å². The Hall–Kier alpha value is 0.160. The zero-order chi connectivity index (χ0) is 8.69. The summed E-state index contributed by atoms with van der Waals surface area (Å²) in [5.74, 6) is 0. The number of rotatable bonds is 5. The Morgan fingerprint density at radius 1 is 1.55 bits per heavy atom. The molecular formula is C7H15IN2O. The average molecular weight is 270 g/mol. The fraction of sp³-hybridized carbons (Fsp3) is 0.857. The van der Waals surface area contributed by atoms with E-state index in [9.17, 15) is 0 Å². The summed E-state index contributed by atoms with van der Waals surface area (Å²) in [6, 6.07) is 0. The van der Waals surface area contributed by atoms with Gasteiger partial charge in [0, 0.05) is 13.0 Å². The SMILES string of the molecule is CC/C(CCN(C)C)=N/OI. The smallest absolute Gasteiger partial charge is 0.230 e. The molecule has 11 heavy (non-hydrogen) atoms. The van der Waals surface area contributed by atoms with E-state index in [-0.39, 0.29) is 0 Å². The first-order valence-corrected chi connectivity index (χ1v) is 4.57. The molecule has 0 radical (unpaired) electrons. The zero-order valence-electron chi connectivity index (χ0n) is 7.30. The summed E-state index contributed by atoms with van der Waals surface area (Å²) >= 11 is 1.78. The highest BCUT2D eigenvalue weighted by Gasteiger charge is 1.97. The van der Waals surface area contributed by atoms with E-state index in [1.807, 2.05) is 0 Å². The molecule has 0 aromatic rings. The third kappa shape index (κ3) is 6.55. The summed E-state index contributed by atoms with van der Waals surface area (Å²) in [7, 11) is 4.11. The molecule has 0 fully saturated rings. The molecule has 0 aromatic carbocycles. The Kier molecular flexibility index (Phi) is 6.94. The van der Waals surface area contributed by atoms with Gasteiger partial charge in [0.1, 0.15) is 0 Å². The molecule has 0 aliphatic carbocycles. The number of oxime groups is 1. The van der Waals surface area contributed by atoms with E-state index >= 15 is 0 Å². The van der Waals surface area contributed by atoms with Crippen LogP contribution in [0.2, 0.25) is 0 Å². The van der Waals surface area contributed by atoms with Gasteiger partial charge in [0.05, 0.1) is 5.71 Å². The van der Waals surface area contributed by atoms with Crippen LogP contribution in [-0.2, 0) is 3.17 Å². The number of nitrogens with zero attached hydrogens (tertiary/aromatic N) is 2. The lowest BCUT2D eigenvalue weighted by atomic mass is 10.2. The average Bonchev–Trinajstić information content (AvgIpc) is 1.97. The highest BCUT2D eigenvalue weighted by atomic mass is 127. The molecule has 0 aromatic heterocycles. The quantitative estimate of drug-likeness (QED) is 0.434. The first-order chi connectivity index (χ1) is 5.20. The van der Waals surface area contributed by atoms with Gasteiger partial charge in [-0.15, -0.1) is 0 Å². The molecule has 0 unspecified atom stereocenters. The van der Waals surface area contributed by atoms with Crippen molar-refractivity contribution in [2.75, 3.05) is 20.6 Å². The van der Waals surface area contributed by atoms with Crippen LogP contribution in [0.4, 0.5) is 0 Å². The van der Waals surface area contributed by atoms with Crippen molar-refractivity contribution in [1.82, 2.24) is 4.90 Å². The zero-order valence-corrected chi connectivity index (χ0v) is 9.46. The standard InChI is InChI=1S/C7H15IN2O/c1-4-7(9-11-8)5-6-10(2)3/h4-6H2,1-3H3/b9-7-. The largest absolute Gasteiger partial charge is 0.327 e. The lowest BCUT2D eigenvalue weighted by molar-refractivity contribution is 0.414. The van der Waals surface area contributed by atoms with E-state index in [0.717, 1.165) is 25.1 Å². The second-order valence-electron chi connectivity index (χ2n) is 2.63. The second kappa shape index (κ2) is 6.84. The van der Waals surface area contributed by atoms with E-state index in [2.05, 4.69) is 34.2 Å². The maximum absolute atomic E-state index is 4.67. The fourth-order valence-electron chi connectivity index (χ4n) is 0.688. The number of hydrogen-bond donors (Lipinski definition) is 0. The van der Waals surface area contributed by atoms with Crippen LogP contribution in [0, 0.1) is 0 Å². The molecule has 0 aliphatic rings. The maximum atomic E-state index is 4.67. The first kappa shape index (κ1) is 11.2. The minimum atomic E-state index is 0.969. The third-order valence-electron chi connectivity index (χ3n) is 1.42. The van der Waals surface area contributed by atoms with Gasteiger partial charge in [-0.1, -0.05) is 12.1 Å². The van der Waals surface area contributed by atoms with Gasteiger partial charge in [0.2, 0.25) is 23.0 Å². The van der Waals surface area contributed by atoms with Crippen LogP contribution in [0.25, 0.3) is 0 Å². The van der Waals surface area contributed by atoms with E-state index in [0.29, 0.717) is 0 Å². The van der Waals surface area contributed by atoms with Gasteiger partial charge in [-0.05, 0) is 20.5 Å². The fourth-order valence-corrected chi connectivity index (χ4v) is 0.967. The molecule has 4 heteroatoms. The van der Waals surface area contributed by atoms with Gasteiger partial charge in [0.15, 0.2) is 0 Å². The lowest BCUT2D eigenvalue weighted by Gasteiger charge is -2.08. The van der Waals surface area contributed by atoms with Gasteiger partial charge in [-0.2, -0.15) is 0 Å². The van der Waals surface area contributed by atoms with Crippen molar-refractivity contribution in [1.29, 1.82) is 0 Å². The van der Waals surface area contributed by atoms with Crippen LogP contribution in [0.3, 0.4) is 0 Å². The molecule has 3 nitrogen and oxygen atoms in total. The topological polar surface area (TPSA) is 24.8 Å². The molecule has 0 N–H and O–H groups in total. The first-order valence-electron chi connectivity index (χ1n) is 3.69. The van der Waals surface area contributed by atoms with Crippen molar-refractivity contribution in [3.63, 3.8) is 0 Å². The Morgan fingerprint density at radius 3 is 2.55 bits per heavy atom. The molecule has 0 saturated heterocycles.